The summed E-state index contributed by atoms with van der Waals surface area (Å²) in [6, 6.07) is 5.33. The summed E-state index contributed by atoms with van der Waals surface area (Å²) in [5.41, 5.74) is 1.16. The maximum absolute atomic E-state index is 12.1. The van der Waals surface area contributed by atoms with E-state index in [0.29, 0.717) is 23.6 Å². The first kappa shape index (κ1) is 17.1. The van der Waals surface area contributed by atoms with Gasteiger partial charge in [0.15, 0.2) is 0 Å². The first-order valence-electron chi connectivity index (χ1n) is 6.41. The second kappa shape index (κ2) is 7.85. The average Bonchev–Trinajstić information content (AvgIpc) is 3.08. The van der Waals surface area contributed by atoms with Gasteiger partial charge in [0.1, 0.15) is 4.21 Å². The number of hydrogen-bond acceptors (Lipinski definition) is 5. The summed E-state index contributed by atoms with van der Waals surface area (Å²) in [6.07, 6.45) is 1.31. The van der Waals surface area contributed by atoms with Crippen LogP contribution in [0.15, 0.2) is 37.0 Å². The predicted molar refractivity (Wildman–Crippen MR) is 90.6 cm³/mol. The number of hydrogen-bond donors (Lipinski definition) is 2. The van der Waals surface area contributed by atoms with Crippen molar-refractivity contribution in [3.05, 3.63) is 38.3 Å². The highest BCUT2D eigenvalue weighted by Gasteiger charge is 2.18. The molecule has 0 aliphatic heterocycles. The summed E-state index contributed by atoms with van der Waals surface area (Å²) in [5, 5.41) is 13.2. The molecule has 0 spiro atoms. The molecule has 1 atom stereocenters. The molecule has 2 heterocycles. The Hall–Kier alpha value is -0.250. The second-order valence-electron chi connectivity index (χ2n) is 4.51. The molecular formula is C13H16BrNO3S3. The third kappa shape index (κ3) is 4.87. The van der Waals surface area contributed by atoms with Crippen LogP contribution < -0.4 is 4.72 Å². The van der Waals surface area contributed by atoms with E-state index in [4.69, 9.17) is 5.11 Å². The zero-order valence-electron chi connectivity index (χ0n) is 11.2. The Balaban J connectivity index is 1.93. The molecule has 0 aliphatic rings. The molecule has 0 bridgehead atoms. The topological polar surface area (TPSA) is 66.4 Å². The molecule has 116 valence electrons. The first-order chi connectivity index (χ1) is 10.0. The van der Waals surface area contributed by atoms with Crippen molar-refractivity contribution < 1.29 is 13.5 Å². The minimum absolute atomic E-state index is 0.102. The van der Waals surface area contributed by atoms with Gasteiger partial charge in [-0.15, -0.1) is 11.3 Å². The van der Waals surface area contributed by atoms with Gasteiger partial charge < -0.3 is 5.11 Å². The number of aliphatic hydroxyl groups is 1. The minimum atomic E-state index is -3.44. The van der Waals surface area contributed by atoms with Crippen LogP contribution in [0.25, 0.3) is 0 Å². The zero-order valence-corrected chi connectivity index (χ0v) is 15.2. The van der Waals surface area contributed by atoms with E-state index < -0.39 is 10.0 Å². The van der Waals surface area contributed by atoms with E-state index in [1.54, 1.807) is 23.5 Å². The Morgan fingerprint density at radius 2 is 2.10 bits per heavy atom. The van der Waals surface area contributed by atoms with Crippen molar-refractivity contribution in [1.29, 1.82) is 0 Å². The minimum Gasteiger partial charge on any atom is -0.396 e. The van der Waals surface area contributed by atoms with Gasteiger partial charge in [0, 0.05) is 13.2 Å². The van der Waals surface area contributed by atoms with Gasteiger partial charge in [0.2, 0.25) is 10.0 Å². The molecule has 0 amide bonds. The molecule has 0 unspecified atom stereocenters. The van der Waals surface area contributed by atoms with E-state index in [-0.39, 0.29) is 12.5 Å². The van der Waals surface area contributed by atoms with Gasteiger partial charge in [-0.3, -0.25) is 0 Å². The van der Waals surface area contributed by atoms with Gasteiger partial charge in [0.25, 0.3) is 0 Å². The number of halogens is 1. The third-order valence-electron chi connectivity index (χ3n) is 3.09. The van der Waals surface area contributed by atoms with E-state index in [9.17, 15) is 8.42 Å². The quantitative estimate of drug-likeness (QED) is 0.701. The number of nitrogens with one attached hydrogen (secondary N) is 1. The molecule has 0 radical (unpaired) electrons. The van der Waals surface area contributed by atoms with E-state index in [1.807, 2.05) is 16.8 Å². The Morgan fingerprint density at radius 3 is 2.67 bits per heavy atom. The summed E-state index contributed by atoms with van der Waals surface area (Å²) in [5.74, 6) is 0.180. The van der Waals surface area contributed by atoms with Crippen molar-refractivity contribution in [2.75, 3.05) is 13.2 Å². The van der Waals surface area contributed by atoms with Gasteiger partial charge in [-0.25, -0.2) is 13.1 Å². The van der Waals surface area contributed by atoms with Crippen molar-refractivity contribution in [2.24, 2.45) is 0 Å². The van der Waals surface area contributed by atoms with Crippen molar-refractivity contribution in [3.63, 3.8) is 0 Å². The van der Waals surface area contributed by atoms with Gasteiger partial charge in [0.05, 0.1) is 3.79 Å². The maximum atomic E-state index is 12.1. The number of thiophene rings is 2. The third-order valence-corrected chi connectivity index (χ3v) is 7.37. The smallest absolute Gasteiger partial charge is 0.250 e. The van der Waals surface area contributed by atoms with Crippen LogP contribution in [0.2, 0.25) is 0 Å². The monoisotopic (exact) mass is 409 g/mol. The van der Waals surface area contributed by atoms with Crippen LogP contribution in [0.5, 0.6) is 0 Å². The van der Waals surface area contributed by atoms with Crippen molar-refractivity contribution in [1.82, 2.24) is 4.72 Å². The molecule has 0 saturated carbocycles. The molecule has 2 aromatic rings. The summed E-state index contributed by atoms with van der Waals surface area (Å²) in [7, 11) is -3.44. The summed E-state index contributed by atoms with van der Waals surface area (Å²) >= 11 is 6.06. The van der Waals surface area contributed by atoms with Crippen LogP contribution in [0.3, 0.4) is 0 Å². The molecule has 21 heavy (non-hydrogen) atoms. The van der Waals surface area contributed by atoms with Crippen molar-refractivity contribution in [3.8, 4) is 0 Å². The molecule has 2 N–H and O–H groups in total. The standard InChI is InChI=1S/C13H16BrNO3S3/c14-12-1-2-13(20-12)21(17,18)15-6-3-10(4-7-16)11-5-8-19-9-11/h1-2,5,8-10,15-16H,3-4,6-7H2/t10-/m0/s1. The predicted octanol–water partition coefficient (Wildman–Crippen LogP) is 3.41. The van der Waals surface area contributed by atoms with E-state index in [1.165, 1.54) is 11.3 Å². The zero-order chi connectivity index (χ0) is 15.3. The molecule has 0 fully saturated rings. The van der Waals surface area contributed by atoms with E-state index >= 15 is 0 Å². The largest absolute Gasteiger partial charge is 0.396 e. The van der Waals surface area contributed by atoms with Crippen LogP contribution in [-0.4, -0.2) is 26.7 Å². The lowest BCUT2D eigenvalue weighted by molar-refractivity contribution is 0.273. The lowest BCUT2D eigenvalue weighted by Gasteiger charge is -2.14. The van der Waals surface area contributed by atoms with Gasteiger partial charge in [-0.2, -0.15) is 11.3 Å². The highest BCUT2D eigenvalue weighted by Crippen LogP contribution is 2.27. The lowest BCUT2D eigenvalue weighted by atomic mass is 9.95. The molecular weight excluding hydrogens is 394 g/mol. The van der Waals surface area contributed by atoms with E-state index in [2.05, 4.69) is 20.7 Å². The highest BCUT2D eigenvalue weighted by molar-refractivity contribution is 9.11. The summed E-state index contributed by atoms with van der Waals surface area (Å²) in [4.78, 5) is 0. The molecule has 4 nitrogen and oxygen atoms in total. The Morgan fingerprint density at radius 1 is 1.29 bits per heavy atom. The number of rotatable bonds is 8. The van der Waals surface area contributed by atoms with Crippen LogP contribution in [0, 0.1) is 0 Å². The van der Waals surface area contributed by atoms with E-state index in [0.717, 1.165) is 9.35 Å². The van der Waals surface area contributed by atoms with Crippen LogP contribution >= 0.6 is 38.6 Å². The molecule has 0 aromatic carbocycles. The lowest BCUT2D eigenvalue weighted by Crippen LogP contribution is -2.25. The summed E-state index contributed by atoms with van der Waals surface area (Å²) < 4.78 is 27.9. The molecule has 2 rings (SSSR count). The van der Waals surface area contributed by atoms with Crippen LogP contribution in [0.4, 0.5) is 0 Å². The Kier molecular flexibility index (Phi) is 6.39. The fourth-order valence-electron chi connectivity index (χ4n) is 2.02. The van der Waals surface area contributed by atoms with Gasteiger partial charge in [-0.1, -0.05) is 0 Å². The Labute approximate surface area is 141 Å². The van der Waals surface area contributed by atoms with Crippen LogP contribution in [-0.2, 0) is 10.0 Å². The summed E-state index contributed by atoms with van der Waals surface area (Å²) in [6.45, 7) is 0.462. The molecule has 0 aliphatic carbocycles. The van der Waals surface area contributed by atoms with Gasteiger partial charge >= 0.3 is 0 Å². The number of aliphatic hydroxyl groups excluding tert-OH is 1. The Bertz CT molecular complexity index is 652. The first-order valence-corrected chi connectivity index (χ1v) is 10.4. The normalized spacial score (nSPS) is 13.4. The van der Waals surface area contributed by atoms with Crippen molar-refractivity contribution >= 4 is 48.6 Å². The van der Waals surface area contributed by atoms with Gasteiger partial charge in [-0.05, 0) is 69.2 Å². The van der Waals surface area contributed by atoms with Crippen LogP contribution in [0.1, 0.15) is 24.3 Å². The SMILES string of the molecule is O=S(=O)(NCC[C@@H](CCO)c1ccsc1)c1ccc(Br)s1. The molecule has 0 saturated heterocycles. The molecule has 8 heteroatoms. The fourth-order valence-corrected chi connectivity index (χ4v) is 5.87. The number of sulfonamides is 1. The fraction of sp³-hybridized carbons (Fsp3) is 0.385. The molecule has 2 aromatic heterocycles. The average molecular weight is 410 g/mol. The highest BCUT2D eigenvalue weighted by atomic mass is 79.9. The van der Waals surface area contributed by atoms with Crippen molar-refractivity contribution in [2.45, 2.75) is 23.0 Å². The second-order valence-corrected chi connectivity index (χ2v) is 9.75. The maximum Gasteiger partial charge on any atom is 0.250 e.